The van der Waals surface area contributed by atoms with Crippen molar-refractivity contribution in [1.29, 1.82) is 5.26 Å². The number of hydrogen-bond donors (Lipinski definition) is 2. The van der Waals surface area contributed by atoms with Gasteiger partial charge in [0.25, 0.3) is 5.91 Å². The first-order chi connectivity index (χ1) is 4.57. The zero-order valence-electron chi connectivity index (χ0n) is 6.09. The Labute approximate surface area is 60.0 Å². The van der Waals surface area contributed by atoms with E-state index in [4.69, 9.17) is 11.0 Å². The minimum atomic E-state index is -1.04. The number of amides is 1. The monoisotopic (exact) mass is 141 g/mol. The van der Waals surface area contributed by atoms with Crippen molar-refractivity contribution in [3.63, 3.8) is 0 Å². The van der Waals surface area contributed by atoms with Gasteiger partial charge >= 0.3 is 0 Å². The molecule has 0 aromatic rings. The van der Waals surface area contributed by atoms with Crippen molar-refractivity contribution in [1.82, 2.24) is 5.32 Å². The van der Waals surface area contributed by atoms with Crippen molar-refractivity contribution in [2.75, 3.05) is 0 Å². The molecule has 10 heavy (non-hydrogen) atoms. The van der Waals surface area contributed by atoms with Crippen molar-refractivity contribution >= 4 is 5.91 Å². The Morgan fingerprint density at radius 3 is 2.50 bits per heavy atom. The molecular formula is C6H11N3O. The van der Waals surface area contributed by atoms with Crippen LogP contribution in [0.3, 0.4) is 0 Å². The lowest BCUT2D eigenvalue weighted by molar-refractivity contribution is -0.121. The highest BCUT2D eigenvalue weighted by Gasteiger charge is 2.11. The molecule has 0 fully saturated rings. The van der Waals surface area contributed by atoms with E-state index in [-0.39, 0.29) is 6.04 Å². The molecule has 56 valence electrons. The van der Waals surface area contributed by atoms with Gasteiger partial charge in [0.15, 0.2) is 6.04 Å². The number of nitriles is 1. The maximum atomic E-state index is 10.7. The summed E-state index contributed by atoms with van der Waals surface area (Å²) in [4.78, 5) is 10.7. The van der Waals surface area contributed by atoms with Crippen molar-refractivity contribution in [3.05, 3.63) is 0 Å². The van der Waals surface area contributed by atoms with E-state index in [9.17, 15) is 4.79 Å². The van der Waals surface area contributed by atoms with Gasteiger partial charge in [0.2, 0.25) is 0 Å². The molecule has 1 atom stereocenters. The second kappa shape index (κ2) is 3.85. The third-order valence-electron chi connectivity index (χ3n) is 0.852. The van der Waals surface area contributed by atoms with E-state index in [1.165, 1.54) is 0 Å². The van der Waals surface area contributed by atoms with Gasteiger partial charge in [-0.15, -0.1) is 0 Å². The maximum absolute atomic E-state index is 10.7. The quantitative estimate of drug-likeness (QED) is 0.537. The fourth-order valence-corrected chi connectivity index (χ4v) is 0.433. The molecule has 0 aliphatic carbocycles. The summed E-state index contributed by atoms with van der Waals surface area (Å²) in [5, 5.41) is 10.7. The number of carbonyl (C=O) groups is 1. The van der Waals surface area contributed by atoms with E-state index < -0.39 is 11.9 Å². The SMILES string of the molecule is CC(C)NC(=O)C(N)C#N. The molecule has 1 unspecified atom stereocenters. The van der Waals surface area contributed by atoms with Crippen molar-refractivity contribution in [2.24, 2.45) is 5.73 Å². The summed E-state index contributed by atoms with van der Waals surface area (Å²) in [7, 11) is 0. The third kappa shape index (κ3) is 3.05. The number of nitrogens with two attached hydrogens (primary N) is 1. The van der Waals surface area contributed by atoms with E-state index in [1.54, 1.807) is 6.07 Å². The largest absolute Gasteiger partial charge is 0.352 e. The fourth-order valence-electron chi connectivity index (χ4n) is 0.433. The van der Waals surface area contributed by atoms with E-state index in [0.29, 0.717) is 0 Å². The van der Waals surface area contributed by atoms with Crippen LogP contribution in [0.1, 0.15) is 13.8 Å². The first-order valence-corrected chi connectivity index (χ1v) is 3.03. The molecule has 0 radical (unpaired) electrons. The van der Waals surface area contributed by atoms with Crippen LogP contribution in [-0.2, 0) is 4.79 Å². The zero-order valence-corrected chi connectivity index (χ0v) is 6.09. The highest BCUT2D eigenvalue weighted by molar-refractivity contribution is 5.84. The highest BCUT2D eigenvalue weighted by Crippen LogP contribution is 1.79. The number of carbonyl (C=O) groups excluding carboxylic acids is 1. The standard InChI is InChI=1S/C6H11N3O/c1-4(2)9-6(10)5(8)3-7/h4-5H,8H2,1-2H3,(H,9,10). The van der Waals surface area contributed by atoms with Crippen LogP contribution >= 0.6 is 0 Å². The van der Waals surface area contributed by atoms with Gasteiger partial charge in [-0.2, -0.15) is 5.26 Å². The minimum absolute atomic E-state index is 0.0342. The van der Waals surface area contributed by atoms with Crippen molar-refractivity contribution in [3.8, 4) is 6.07 Å². The number of nitrogens with one attached hydrogen (secondary N) is 1. The molecule has 0 saturated heterocycles. The molecule has 0 spiro atoms. The van der Waals surface area contributed by atoms with E-state index in [0.717, 1.165) is 0 Å². The molecule has 0 bridgehead atoms. The van der Waals surface area contributed by atoms with E-state index in [2.05, 4.69) is 5.32 Å². The fraction of sp³-hybridized carbons (Fsp3) is 0.667. The lowest BCUT2D eigenvalue weighted by atomic mass is 10.3. The molecule has 4 nitrogen and oxygen atoms in total. The van der Waals surface area contributed by atoms with Crippen molar-refractivity contribution in [2.45, 2.75) is 25.9 Å². The van der Waals surface area contributed by atoms with Crippen LogP contribution in [0.4, 0.5) is 0 Å². The normalized spacial score (nSPS) is 12.3. The summed E-state index contributed by atoms with van der Waals surface area (Å²) < 4.78 is 0. The van der Waals surface area contributed by atoms with Crippen LogP contribution in [0.25, 0.3) is 0 Å². The summed E-state index contributed by atoms with van der Waals surface area (Å²) in [5.41, 5.74) is 5.09. The topological polar surface area (TPSA) is 78.9 Å². The lowest BCUT2D eigenvalue weighted by Crippen LogP contribution is -2.42. The number of hydrogen-bond acceptors (Lipinski definition) is 3. The Balaban J connectivity index is 3.76. The Morgan fingerprint density at radius 1 is 1.70 bits per heavy atom. The first kappa shape index (κ1) is 8.92. The number of rotatable bonds is 2. The minimum Gasteiger partial charge on any atom is -0.352 e. The van der Waals surface area contributed by atoms with Crippen LogP contribution < -0.4 is 11.1 Å². The molecule has 0 aromatic carbocycles. The molecule has 0 heterocycles. The van der Waals surface area contributed by atoms with Crippen molar-refractivity contribution < 1.29 is 4.79 Å². The van der Waals surface area contributed by atoms with Gasteiger partial charge in [-0.1, -0.05) is 0 Å². The van der Waals surface area contributed by atoms with E-state index in [1.807, 2.05) is 13.8 Å². The molecule has 1 amide bonds. The highest BCUT2D eigenvalue weighted by atomic mass is 16.2. The predicted molar refractivity (Wildman–Crippen MR) is 36.9 cm³/mol. The third-order valence-corrected chi connectivity index (χ3v) is 0.852. The second-order valence-electron chi connectivity index (χ2n) is 2.27. The second-order valence-corrected chi connectivity index (χ2v) is 2.27. The zero-order chi connectivity index (χ0) is 8.15. The summed E-state index contributed by atoms with van der Waals surface area (Å²) >= 11 is 0. The average Bonchev–Trinajstić information content (AvgIpc) is 1.85. The van der Waals surface area contributed by atoms with Gasteiger partial charge in [0.1, 0.15) is 0 Å². The van der Waals surface area contributed by atoms with E-state index >= 15 is 0 Å². The van der Waals surface area contributed by atoms with Gasteiger partial charge in [0, 0.05) is 6.04 Å². The lowest BCUT2D eigenvalue weighted by Gasteiger charge is -2.08. The molecular weight excluding hydrogens is 130 g/mol. The summed E-state index contributed by atoms with van der Waals surface area (Å²) in [6.45, 7) is 3.62. The molecule has 0 aromatic heterocycles. The van der Waals surface area contributed by atoms with Gasteiger partial charge in [-0.05, 0) is 13.8 Å². The van der Waals surface area contributed by atoms with Crippen LogP contribution in [0.2, 0.25) is 0 Å². The Hall–Kier alpha value is -1.08. The Bertz CT molecular complexity index is 159. The smallest absolute Gasteiger partial charge is 0.251 e. The summed E-state index contributed by atoms with van der Waals surface area (Å²) in [6.07, 6.45) is 0. The molecule has 4 heteroatoms. The predicted octanol–water partition coefficient (Wildman–Crippen LogP) is -0.638. The maximum Gasteiger partial charge on any atom is 0.251 e. The van der Waals surface area contributed by atoms with Crippen LogP contribution in [0, 0.1) is 11.3 Å². The summed E-state index contributed by atoms with van der Waals surface area (Å²) in [6, 6.07) is 0.631. The van der Waals surface area contributed by atoms with Gasteiger partial charge in [-0.3, -0.25) is 4.79 Å². The molecule has 3 N–H and O–H groups in total. The van der Waals surface area contributed by atoms with Crippen LogP contribution in [0.15, 0.2) is 0 Å². The molecule has 0 rings (SSSR count). The van der Waals surface area contributed by atoms with Gasteiger partial charge in [-0.25, -0.2) is 0 Å². The van der Waals surface area contributed by atoms with Crippen LogP contribution in [0.5, 0.6) is 0 Å². The molecule has 0 aliphatic heterocycles. The van der Waals surface area contributed by atoms with Gasteiger partial charge in [0.05, 0.1) is 6.07 Å². The molecule has 0 aliphatic rings. The van der Waals surface area contributed by atoms with Crippen LogP contribution in [-0.4, -0.2) is 18.0 Å². The Kier molecular flexibility index (Phi) is 3.44. The number of nitrogens with zero attached hydrogens (tertiary/aromatic N) is 1. The van der Waals surface area contributed by atoms with Gasteiger partial charge < -0.3 is 11.1 Å². The Morgan fingerprint density at radius 2 is 2.20 bits per heavy atom. The average molecular weight is 141 g/mol. The summed E-state index contributed by atoms with van der Waals surface area (Å²) in [5.74, 6) is -0.419. The molecule has 0 saturated carbocycles. The first-order valence-electron chi connectivity index (χ1n) is 3.03.